The Labute approximate surface area is 180 Å². The van der Waals surface area contributed by atoms with Crippen molar-refractivity contribution in [2.24, 2.45) is 11.8 Å². The van der Waals surface area contributed by atoms with Gasteiger partial charge in [0, 0.05) is 10.9 Å². The van der Waals surface area contributed by atoms with Gasteiger partial charge in [-0.05, 0) is 85.4 Å². The molecule has 0 saturated heterocycles. The molecule has 3 aromatic carbocycles. The molecule has 0 amide bonds. The fourth-order valence-corrected chi connectivity index (χ4v) is 4.74. The highest BCUT2D eigenvalue weighted by Crippen LogP contribution is 2.32. The summed E-state index contributed by atoms with van der Waals surface area (Å²) < 4.78 is 14.7. The van der Waals surface area contributed by atoms with Crippen LogP contribution in [0.3, 0.4) is 0 Å². The molecule has 1 aliphatic carbocycles. The van der Waals surface area contributed by atoms with Gasteiger partial charge in [0.2, 0.25) is 0 Å². The summed E-state index contributed by atoms with van der Waals surface area (Å²) in [6, 6.07) is 18.8. The van der Waals surface area contributed by atoms with Crippen molar-refractivity contribution in [3.8, 4) is 11.1 Å². The Morgan fingerprint density at radius 2 is 1.67 bits per heavy atom. The average Bonchev–Trinajstić information content (AvgIpc) is 2.80. The van der Waals surface area contributed by atoms with Crippen molar-refractivity contribution >= 4 is 16.8 Å². The van der Waals surface area contributed by atoms with Crippen LogP contribution in [0.5, 0.6) is 0 Å². The minimum absolute atomic E-state index is 0.144. The average molecular weight is 399 g/mol. The molecule has 0 spiro atoms. The maximum Gasteiger partial charge on any atom is 0.138 e. The van der Waals surface area contributed by atoms with Gasteiger partial charge in [0.15, 0.2) is 0 Å². The van der Waals surface area contributed by atoms with Gasteiger partial charge in [-0.2, -0.15) is 0 Å². The van der Waals surface area contributed by atoms with Crippen LogP contribution in [0.2, 0.25) is 0 Å². The van der Waals surface area contributed by atoms with Crippen molar-refractivity contribution in [1.82, 2.24) is 0 Å². The molecule has 0 atom stereocenters. The van der Waals surface area contributed by atoms with Crippen molar-refractivity contribution in [3.05, 3.63) is 90.3 Å². The Kier molecular flexibility index (Phi) is 6.47. The molecule has 0 radical (unpaired) electrons. The molecule has 0 heterocycles. The normalized spacial score (nSPS) is 19.4. The Hall–Kier alpha value is -2.67. The fraction of sp³-hybridized carbons (Fsp3) is 0.310. The van der Waals surface area contributed by atoms with Crippen molar-refractivity contribution in [3.63, 3.8) is 0 Å². The molecule has 154 valence electrons. The lowest BCUT2D eigenvalue weighted by Crippen LogP contribution is -2.13. The van der Waals surface area contributed by atoms with E-state index in [9.17, 15) is 4.39 Å². The van der Waals surface area contributed by atoms with Gasteiger partial charge >= 0.3 is 0 Å². The number of benzene rings is 3. The molecule has 0 nitrogen and oxygen atoms in total. The van der Waals surface area contributed by atoms with Crippen LogP contribution >= 0.6 is 0 Å². The molecular weight excluding hydrogens is 367 g/mol. The zero-order chi connectivity index (χ0) is 20.9. The monoisotopic (exact) mass is 398 g/mol. The summed E-state index contributed by atoms with van der Waals surface area (Å²) in [6.07, 6.45) is 13.6. The molecule has 0 N–H and O–H groups in total. The number of hydrogen-bond donors (Lipinski definition) is 0. The molecule has 0 unspecified atom stereocenters. The summed E-state index contributed by atoms with van der Waals surface area (Å²) in [5, 5.41) is 1.62. The summed E-state index contributed by atoms with van der Waals surface area (Å²) >= 11 is 0. The van der Waals surface area contributed by atoms with Gasteiger partial charge in [0.05, 0.1) is 0 Å². The highest BCUT2D eigenvalue weighted by atomic mass is 19.1. The van der Waals surface area contributed by atoms with Gasteiger partial charge in [-0.15, -0.1) is 6.58 Å². The molecule has 0 aromatic heterocycles. The van der Waals surface area contributed by atoms with Gasteiger partial charge in [0.25, 0.3) is 0 Å². The molecule has 3 aromatic rings. The maximum atomic E-state index is 14.7. The molecule has 1 saturated carbocycles. The summed E-state index contributed by atoms with van der Waals surface area (Å²) in [4.78, 5) is 0. The molecule has 30 heavy (non-hydrogen) atoms. The van der Waals surface area contributed by atoms with E-state index in [1.807, 2.05) is 43.3 Å². The Bertz CT molecular complexity index is 1030. The Morgan fingerprint density at radius 1 is 0.933 bits per heavy atom. The lowest BCUT2D eigenvalue weighted by Gasteiger charge is -2.26. The van der Waals surface area contributed by atoms with Crippen molar-refractivity contribution in [2.75, 3.05) is 0 Å². The predicted octanol–water partition coefficient (Wildman–Crippen LogP) is 8.60. The Balaban J connectivity index is 1.44. The van der Waals surface area contributed by atoms with E-state index >= 15 is 0 Å². The van der Waals surface area contributed by atoms with Gasteiger partial charge in [0.1, 0.15) is 5.82 Å². The predicted molar refractivity (Wildman–Crippen MR) is 128 cm³/mol. The number of hydrogen-bond acceptors (Lipinski definition) is 0. The van der Waals surface area contributed by atoms with Crippen molar-refractivity contribution in [1.29, 1.82) is 0 Å². The number of aryl methyl sites for hydroxylation is 1. The molecule has 1 heteroatoms. The summed E-state index contributed by atoms with van der Waals surface area (Å²) in [5.41, 5.74) is 4.37. The van der Waals surface area contributed by atoms with Gasteiger partial charge in [-0.3, -0.25) is 0 Å². The first-order valence-corrected chi connectivity index (χ1v) is 11.2. The number of allylic oxidation sites excluding steroid dienone is 2. The SMILES string of the molecule is C=CC1CCC(CCc2ccc(-c3ccc4c(F)c(/C=C/C)ccc4c3)cc2)CC1. The van der Waals surface area contributed by atoms with Gasteiger partial charge < -0.3 is 0 Å². The van der Waals surface area contributed by atoms with Crippen LogP contribution in [0, 0.1) is 17.7 Å². The van der Waals surface area contributed by atoms with Crippen LogP contribution in [0.1, 0.15) is 50.2 Å². The minimum Gasteiger partial charge on any atom is -0.206 e. The lowest BCUT2D eigenvalue weighted by atomic mass is 9.79. The quantitative estimate of drug-likeness (QED) is 0.365. The van der Waals surface area contributed by atoms with Crippen molar-refractivity contribution in [2.45, 2.75) is 45.4 Å². The maximum absolute atomic E-state index is 14.7. The first kappa shape index (κ1) is 20.6. The molecular formula is C29H31F. The van der Waals surface area contributed by atoms with E-state index in [2.05, 4.69) is 43.0 Å². The number of fused-ring (bicyclic) bond motifs is 1. The van der Waals surface area contributed by atoms with Crippen LogP contribution in [0.25, 0.3) is 28.0 Å². The second kappa shape index (κ2) is 9.43. The molecule has 1 fully saturated rings. The first-order valence-electron chi connectivity index (χ1n) is 11.2. The topological polar surface area (TPSA) is 0 Å². The third kappa shape index (κ3) is 4.56. The number of halogens is 1. The van der Waals surface area contributed by atoms with E-state index in [0.29, 0.717) is 10.9 Å². The zero-order valence-corrected chi connectivity index (χ0v) is 17.9. The molecule has 0 bridgehead atoms. The zero-order valence-electron chi connectivity index (χ0n) is 17.9. The largest absolute Gasteiger partial charge is 0.206 e. The minimum atomic E-state index is -0.144. The highest BCUT2D eigenvalue weighted by molar-refractivity contribution is 5.89. The molecule has 1 aliphatic rings. The van der Waals surface area contributed by atoms with Crippen LogP contribution < -0.4 is 0 Å². The molecule has 4 rings (SSSR count). The highest BCUT2D eigenvalue weighted by Gasteiger charge is 2.18. The van der Waals surface area contributed by atoms with Crippen molar-refractivity contribution < 1.29 is 4.39 Å². The summed E-state index contributed by atoms with van der Waals surface area (Å²) in [7, 11) is 0. The van der Waals surface area contributed by atoms with Crippen LogP contribution in [-0.4, -0.2) is 0 Å². The standard InChI is InChI=1S/C29H31F/c1-3-5-25-16-17-27-20-26(18-19-28(27)29(25)30)24-14-12-23(13-15-24)11-10-22-8-6-21(4-2)7-9-22/h3-5,12-22H,2,6-11H2,1H3/b5-3+. The summed E-state index contributed by atoms with van der Waals surface area (Å²) in [5.74, 6) is 1.46. The van der Waals surface area contributed by atoms with Crippen LogP contribution in [0.4, 0.5) is 4.39 Å². The van der Waals surface area contributed by atoms with E-state index in [0.717, 1.165) is 29.2 Å². The van der Waals surface area contributed by atoms with E-state index in [1.165, 1.54) is 43.2 Å². The van der Waals surface area contributed by atoms with Crippen LogP contribution in [0.15, 0.2) is 73.3 Å². The van der Waals surface area contributed by atoms with Gasteiger partial charge in [-0.25, -0.2) is 4.39 Å². The number of rotatable bonds is 6. The Morgan fingerprint density at radius 3 is 2.37 bits per heavy atom. The summed E-state index contributed by atoms with van der Waals surface area (Å²) in [6.45, 7) is 5.85. The third-order valence-corrected chi connectivity index (χ3v) is 6.68. The van der Waals surface area contributed by atoms with E-state index in [-0.39, 0.29) is 5.82 Å². The van der Waals surface area contributed by atoms with E-state index in [1.54, 1.807) is 0 Å². The van der Waals surface area contributed by atoms with Crippen LogP contribution in [-0.2, 0) is 6.42 Å². The van der Waals surface area contributed by atoms with E-state index in [4.69, 9.17) is 0 Å². The second-order valence-corrected chi connectivity index (χ2v) is 8.66. The van der Waals surface area contributed by atoms with Gasteiger partial charge in [-0.1, -0.05) is 66.8 Å². The van der Waals surface area contributed by atoms with E-state index < -0.39 is 0 Å². The third-order valence-electron chi connectivity index (χ3n) is 6.68. The molecule has 0 aliphatic heterocycles. The fourth-order valence-electron chi connectivity index (χ4n) is 4.74. The first-order chi connectivity index (χ1) is 14.7. The lowest BCUT2D eigenvalue weighted by molar-refractivity contribution is 0.296. The second-order valence-electron chi connectivity index (χ2n) is 8.66. The smallest absolute Gasteiger partial charge is 0.138 e.